The van der Waals surface area contributed by atoms with E-state index in [1.807, 2.05) is 24.3 Å². The predicted molar refractivity (Wildman–Crippen MR) is 94.5 cm³/mol. The van der Waals surface area contributed by atoms with Crippen LogP contribution in [0.2, 0.25) is 0 Å². The number of rotatable bonds is 7. The van der Waals surface area contributed by atoms with Crippen molar-refractivity contribution in [3.8, 4) is 0 Å². The molecule has 0 bridgehead atoms. The van der Waals surface area contributed by atoms with Crippen molar-refractivity contribution >= 4 is 29.0 Å². The monoisotopic (exact) mass is 341 g/mol. The third kappa shape index (κ3) is 4.41. The molecule has 0 radical (unpaired) electrons. The van der Waals surface area contributed by atoms with Crippen LogP contribution in [0.25, 0.3) is 0 Å². The van der Waals surface area contributed by atoms with Crippen LogP contribution in [-0.2, 0) is 0 Å². The first-order valence-electron chi connectivity index (χ1n) is 7.83. The quantitative estimate of drug-likeness (QED) is 0.729. The predicted octanol–water partition coefficient (Wildman–Crippen LogP) is 4.34. The summed E-state index contributed by atoms with van der Waals surface area (Å²) >= 11 is 0. The lowest BCUT2D eigenvalue weighted by Gasteiger charge is -2.20. The van der Waals surface area contributed by atoms with Gasteiger partial charge in [-0.1, -0.05) is 0 Å². The van der Waals surface area contributed by atoms with Crippen molar-refractivity contribution in [1.29, 1.82) is 0 Å². The molecule has 130 valence electrons. The molecule has 0 aliphatic heterocycles. The maximum atomic E-state index is 11.2. The van der Waals surface area contributed by atoms with Crippen LogP contribution < -0.4 is 4.90 Å². The summed E-state index contributed by atoms with van der Waals surface area (Å²) in [5.41, 5.74) is 1.38. The number of hydrogen-bond acceptors (Lipinski definition) is 5. The van der Waals surface area contributed by atoms with Crippen LogP contribution in [0.5, 0.6) is 0 Å². The fourth-order valence-electron chi connectivity index (χ4n) is 2.39. The van der Waals surface area contributed by atoms with Gasteiger partial charge in [-0.2, -0.15) is 10.2 Å². The van der Waals surface area contributed by atoms with Gasteiger partial charge in [0, 0.05) is 18.8 Å². The van der Waals surface area contributed by atoms with Crippen molar-refractivity contribution in [1.82, 2.24) is 0 Å². The second kappa shape index (κ2) is 8.05. The SMILES string of the molecule is CCN(CC)c1ccc(N=Nc2ccc(C(=O)O)c(C(=O)O)c2)cc1. The summed E-state index contributed by atoms with van der Waals surface area (Å²) in [5.74, 6) is -2.62. The minimum Gasteiger partial charge on any atom is -0.478 e. The van der Waals surface area contributed by atoms with Gasteiger partial charge in [-0.25, -0.2) is 9.59 Å². The molecule has 0 aliphatic carbocycles. The molecule has 7 nitrogen and oxygen atoms in total. The molecular weight excluding hydrogens is 322 g/mol. The Bertz CT molecular complexity index is 796. The average Bonchev–Trinajstić information content (AvgIpc) is 2.61. The third-order valence-electron chi connectivity index (χ3n) is 3.72. The normalized spacial score (nSPS) is 10.8. The van der Waals surface area contributed by atoms with Crippen LogP contribution in [0.1, 0.15) is 34.6 Å². The summed E-state index contributed by atoms with van der Waals surface area (Å²) in [6, 6.07) is 11.4. The average molecular weight is 341 g/mol. The molecule has 0 saturated heterocycles. The molecular formula is C18H19N3O4. The van der Waals surface area contributed by atoms with E-state index in [4.69, 9.17) is 10.2 Å². The highest BCUT2D eigenvalue weighted by atomic mass is 16.4. The molecule has 0 spiro atoms. The van der Waals surface area contributed by atoms with E-state index >= 15 is 0 Å². The first-order valence-corrected chi connectivity index (χ1v) is 7.83. The van der Waals surface area contributed by atoms with Crippen molar-refractivity contribution in [3.63, 3.8) is 0 Å². The molecule has 7 heteroatoms. The zero-order valence-corrected chi connectivity index (χ0v) is 14.0. The van der Waals surface area contributed by atoms with Crippen LogP contribution in [0, 0.1) is 0 Å². The maximum Gasteiger partial charge on any atom is 0.336 e. The van der Waals surface area contributed by atoms with Crippen molar-refractivity contribution in [2.75, 3.05) is 18.0 Å². The van der Waals surface area contributed by atoms with Crippen LogP contribution in [0.3, 0.4) is 0 Å². The van der Waals surface area contributed by atoms with E-state index in [1.165, 1.54) is 18.2 Å². The topological polar surface area (TPSA) is 103 Å². The van der Waals surface area contributed by atoms with Gasteiger partial charge in [0.05, 0.1) is 22.5 Å². The highest BCUT2D eigenvalue weighted by Crippen LogP contribution is 2.24. The minimum atomic E-state index is -1.32. The van der Waals surface area contributed by atoms with Crippen molar-refractivity contribution < 1.29 is 19.8 Å². The van der Waals surface area contributed by atoms with Gasteiger partial charge in [-0.3, -0.25) is 0 Å². The van der Waals surface area contributed by atoms with Gasteiger partial charge < -0.3 is 15.1 Å². The van der Waals surface area contributed by atoms with E-state index in [1.54, 1.807) is 0 Å². The molecule has 2 rings (SSSR count). The fourth-order valence-corrected chi connectivity index (χ4v) is 2.39. The highest BCUT2D eigenvalue weighted by Gasteiger charge is 2.16. The molecule has 2 N–H and O–H groups in total. The number of hydrogen-bond donors (Lipinski definition) is 2. The fraction of sp³-hybridized carbons (Fsp3) is 0.222. The van der Waals surface area contributed by atoms with Gasteiger partial charge in [0.1, 0.15) is 0 Å². The Labute approximate surface area is 145 Å². The number of azo groups is 1. The molecule has 0 aliphatic rings. The maximum absolute atomic E-state index is 11.2. The Morgan fingerprint density at radius 2 is 1.36 bits per heavy atom. The van der Waals surface area contributed by atoms with Crippen molar-refractivity contribution in [2.24, 2.45) is 10.2 Å². The molecule has 0 aromatic heterocycles. The van der Waals surface area contributed by atoms with Crippen LogP contribution in [-0.4, -0.2) is 35.2 Å². The van der Waals surface area contributed by atoms with E-state index in [-0.39, 0.29) is 16.8 Å². The van der Waals surface area contributed by atoms with Crippen molar-refractivity contribution in [3.05, 3.63) is 53.6 Å². The summed E-state index contributed by atoms with van der Waals surface area (Å²) in [6.07, 6.45) is 0. The van der Waals surface area contributed by atoms with Crippen LogP contribution in [0.4, 0.5) is 17.1 Å². The standard InChI is InChI=1S/C18H19N3O4/c1-3-21(4-2)14-8-5-12(6-9-14)19-20-13-7-10-15(17(22)23)16(11-13)18(24)25/h5-11H,3-4H2,1-2H3,(H,22,23)(H,24,25). The third-order valence-corrected chi connectivity index (χ3v) is 3.72. The Balaban J connectivity index is 2.23. The van der Waals surface area contributed by atoms with Gasteiger partial charge >= 0.3 is 11.9 Å². The molecule has 0 unspecified atom stereocenters. The van der Waals surface area contributed by atoms with E-state index in [0.29, 0.717) is 5.69 Å². The molecule has 0 heterocycles. The number of benzene rings is 2. The largest absolute Gasteiger partial charge is 0.478 e. The minimum absolute atomic E-state index is 0.273. The van der Waals surface area contributed by atoms with E-state index in [2.05, 4.69) is 29.0 Å². The first kappa shape index (κ1) is 18.1. The summed E-state index contributed by atoms with van der Waals surface area (Å²) < 4.78 is 0. The highest BCUT2D eigenvalue weighted by molar-refractivity contribution is 6.02. The van der Waals surface area contributed by atoms with Gasteiger partial charge in [0.25, 0.3) is 0 Å². The number of nitrogens with zero attached hydrogens (tertiary/aromatic N) is 3. The van der Waals surface area contributed by atoms with E-state index < -0.39 is 11.9 Å². The Kier molecular flexibility index (Phi) is 5.84. The lowest BCUT2D eigenvalue weighted by atomic mass is 10.1. The summed E-state index contributed by atoms with van der Waals surface area (Å²) in [4.78, 5) is 24.4. The summed E-state index contributed by atoms with van der Waals surface area (Å²) in [6.45, 7) is 5.98. The molecule has 0 fully saturated rings. The number of carbonyl (C=O) groups is 2. The van der Waals surface area contributed by atoms with Crippen molar-refractivity contribution in [2.45, 2.75) is 13.8 Å². The Morgan fingerprint density at radius 3 is 1.88 bits per heavy atom. The van der Waals surface area contributed by atoms with Gasteiger partial charge in [-0.15, -0.1) is 0 Å². The summed E-state index contributed by atoms with van der Waals surface area (Å²) in [5, 5.41) is 26.2. The zero-order valence-electron chi connectivity index (χ0n) is 14.0. The number of aromatic carboxylic acids is 2. The molecule has 25 heavy (non-hydrogen) atoms. The second-order valence-corrected chi connectivity index (χ2v) is 5.23. The smallest absolute Gasteiger partial charge is 0.336 e. The lowest BCUT2D eigenvalue weighted by Crippen LogP contribution is -2.21. The molecule has 2 aromatic rings. The van der Waals surface area contributed by atoms with Crippen LogP contribution >= 0.6 is 0 Å². The zero-order chi connectivity index (χ0) is 18.4. The molecule has 2 aromatic carbocycles. The Hall–Kier alpha value is -3.22. The lowest BCUT2D eigenvalue weighted by molar-refractivity contribution is 0.0651. The van der Waals surface area contributed by atoms with Gasteiger partial charge in [0.15, 0.2) is 0 Å². The Morgan fingerprint density at radius 1 is 0.840 bits per heavy atom. The molecule has 0 amide bonds. The summed E-state index contributed by atoms with van der Waals surface area (Å²) in [7, 11) is 0. The molecule has 0 saturated carbocycles. The molecule has 0 atom stereocenters. The number of carboxylic acids is 2. The first-order chi connectivity index (χ1) is 12.0. The number of anilines is 1. The van der Waals surface area contributed by atoms with Crippen LogP contribution in [0.15, 0.2) is 52.7 Å². The van der Waals surface area contributed by atoms with E-state index in [0.717, 1.165) is 18.8 Å². The number of carboxylic acid groups (broad SMARTS) is 2. The van der Waals surface area contributed by atoms with Gasteiger partial charge in [-0.05, 0) is 56.3 Å². The second-order valence-electron chi connectivity index (χ2n) is 5.23. The van der Waals surface area contributed by atoms with Gasteiger partial charge in [0.2, 0.25) is 0 Å². The van der Waals surface area contributed by atoms with E-state index in [9.17, 15) is 9.59 Å².